The summed E-state index contributed by atoms with van der Waals surface area (Å²) in [4.78, 5) is 2.64. The number of ether oxygens (including phenoxy) is 1. The molecule has 2 atom stereocenters. The molecular formula is C22H34N4O. The quantitative estimate of drug-likeness (QED) is 0.784. The minimum Gasteiger partial charge on any atom is -0.373 e. The third-order valence-electron chi connectivity index (χ3n) is 6.77. The van der Waals surface area contributed by atoms with Crippen LogP contribution in [0.4, 0.5) is 0 Å². The van der Waals surface area contributed by atoms with Gasteiger partial charge < -0.3 is 4.74 Å². The highest BCUT2D eigenvalue weighted by atomic mass is 16.5. The molecule has 4 rings (SSSR count). The molecule has 0 N–H and O–H groups in total. The first-order valence-corrected chi connectivity index (χ1v) is 10.5. The molecule has 5 nitrogen and oxygen atoms in total. The maximum absolute atomic E-state index is 6.05. The highest BCUT2D eigenvalue weighted by Crippen LogP contribution is 2.47. The number of rotatable bonds is 2. The normalized spacial score (nSPS) is 33.4. The molecule has 2 aliphatic rings. The van der Waals surface area contributed by atoms with E-state index in [1.54, 1.807) is 0 Å². The molecule has 1 aliphatic carbocycles. The van der Waals surface area contributed by atoms with Crippen LogP contribution in [-0.4, -0.2) is 45.2 Å². The predicted octanol–water partition coefficient (Wildman–Crippen LogP) is 4.43. The minimum atomic E-state index is -0.0931. The van der Waals surface area contributed by atoms with Crippen LogP contribution in [0.15, 0.2) is 24.3 Å². The van der Waals surface area contributed by atoms with Crippen molar-refractivity contribution >= 4 is 11.0 Å². The molecule has 1 saturated carbocycles. The molecule has 1 saturated heterocycles. The lowest BCUT2D eigenvalue weighted by Crippen LogP contribution is -2.60. The van der Waals surface area contributed by atoms with Gasteiger partial charge in [-0.05, 0) is 63.0 Å². The van der Waals surface area contributed by atoms with Crippen LogP contribution in [0.2, 0.25) is 0 Å². The van der Waals surface area contributed by atoms with E-state index in [1.807, 2.05) is 6.07 Å². The molecule has 2 aromatic rings. The first-order chi connectivity index (χ1) is 12.8. The van der Waals surface area contributed by atoms with E-state index in [0.717, 1.165) is 42.9 Å². The molecule has 1 aliphatic heterocycles. The van der Waals surface area contributed by atoms with Gasteiger partial charge in [0.15, 0.2) is 0 Å². The second-order valence-corrected chi connectivity index (χ2v) is 9.78. The van der Waals surface area contributed by atoms with E-state index >= 15 is 0 Å². The van der Waals surface area contributed by atoms with E-state index in [4.69, 9.17) is 4.74 Å². The monoisotopic (exact) mass is 370 g/mol. The van der Waals surface area contributed by atoms with Gasteiger partial charge in [-0.15, -0.1) is 5.10 Å². The third kappa shape index (κ3) is 3.40. The van der Waals surface area contributed by atoms with Crippen molar-refractivity contribution in [3.63, 3.8) is 0 Å². The summed E-state index contributed by atoms with van der Waals surface area (Å²) in [6.07, 6.45) is 5.22. The Morgan fingerprint density at radius 3 is 2.30 bits per heavy atom. The lowest BCUT2D eigenvalue weighted by atomic mass is 9.69. The molecule has 1 aromatic heterocycles. The number of morpholine rings is 1. The summed E-state index contributed by atoms with van der Waals surface area (Å²) in [5.74, 6) is 0.760. The van der Waals surface area contributed by atoms with Gasteiger partial charge in [0.1, 0.15) is 11.2 Å². The number of fused-ring (bicyclic) bond motifs is 1. The van der Waals surface area contributed by atoms with Gasteiger partial charge in [0.05, 0.1) is 17.7 Å². The van der Waals surface area contributed by atoms with Crippen LogP contribution in [0.5, 0.6) is 0 Å². The van der Waals surface area contributed by atoms with E-state index in [0.29, 0.717) is 5.41 Å². The predicted molar refractivity (Wildman–Crippen MR) is 108 cm³/mol. The Morgan fingerprint density at radius 1 is 1.04 bits per heavy atom. The second-order valence-electron chi connectivity index (χ2n) is 9.78. The van der Waals surface area contributed by atoms with Crippen molar-refractivity contribution < 1.29 is 4.74 Å². The number of nitrogens with zero attached hydrogens (tertiary/aromatic N) is 4. The standard InChI is InChI=1S/C22H34N4O/c1-16-14-25(15-17(2)27-16)22(12-10-18(11-13-22)21(3,4)5)26-20-9-7-6-8-19(20)23-24-26/h6-9,16-18H,10-15H2,1-5H3. The minimum absolute atomic E-state index is 0.0931. The molecule has 2 unspecified atom stereocenters. The van der Waals surface area contributed by atoms with Crippen molar-refractivity contribution in [2.24, 2.45) is 11.3 Å². The van der Waals surface area contributed by atoms with Crippen molar-refractivity contribution in [3.05, 3.63) is 24.3 Å². The lowest BCUT2D eigenvalue weighted by molar-refractivity contribution is -0.143. The van der Waals surface area contributed by atoms with Crippen molar-refractivity contribution in [1.82, 2.24) is 19.9 Å². The Morgan fingerprint density at radius 2 is 1.67 bits per heavy atom. The van der Waals surface area contributed by atoms with Gasteiger partial charge in [0.25, 0.3) is 0 Å². The molecule has 148 valence electrons. The highest BCUT2D eigenvalue weighted by molar-refractivity contribution is 5.74. The van der Waals surface area contributed by atoms with Crippen molar-refractivity contribution in [2.45, 2.75) is 78.2 Å². The van der Waals surface area contributed by atoms with Crippen molar-refractivity contribution in [1.29, 1.82) is 0 Å². The molecule has 0 amide bonds. The maximum Gasteiger partial charge on any atom is 0.117 e. The van der Waals surface area contributed by atoms with E-state index in [9.17, 15) is 0 Å². The van der Waals surface area contributed by atoms with Crippen LogP contribution in [-0.2, 0) is 10.4 Å². The average molecular weight is 371 g/mol. The number of aromatic nitrogens is 3. The summed E-state index contributed by atoms with van der Waals surface area (Å²) < 4.78 is 8.29. The average Bonchev–Trinajstić information content (AvgIpc) is 3.05. The van der Waals surface area contributed by atoms with E-state index in [1.165, 1.54) is 12.8 Å². The first kappa shape index (κ1) is 18.9. The zero-order chi connectivity index (χ0) is 19.2. The maximum atomic E-state index is 6.05. The van der Waals surface area contributed by atoms with Gasteiger partial charge in [0, 0.05) is 13.1 Å². The number of benzene rings is 1. The fourth-order valence-electron chi connectivity index (χ4n) is 5.30. The summed E-state index contributed by atoms with van der Waals surface area (Å²) in [6, 6.07) is 8.38. The summed E-state index contributed by atoms with van der Waals surface area (Å²) in [5.41, 5.74) is 2.41. The molecule has 0 spiro atoms. The molecule has 2 heterocycles. The topological polar surface area (TPSA) is 43.2 Å². The van der Waals surface area contributed by atoms with Crippen LogP contribution in [0.1, 0.15) is 60.3 Å². The van der Waals surface area contributed by atoms with E-state index < -0.39 is 0 Å². The van der Waals surface area contributed by atoms with Crippen LogP contribution in [0.25, 0.3) is 11.0 Å². The molecule has 1 aromatic carbocycles. The number of hydrogen-bond donors (Lipinski definition) is 0. The zero-order valence-corrected chi connectivity index (χ0v) is 17.5. The van der Waals surface area contributed by atoms with Gasteiger partial charge in [0.2, 0.25) is 0 Å². The molecule has 0 bridgehead atoms. The summed E-state index contributed by atoms with van der Waals surface area (Å²) in [6.45, 7) is 13.4. The van der Waals surface area contributed by atoms with Crippen LogP contribution in [0, 0.1) is 11.3 Å². The molecule has 27 heavy (non-hydrogen) atoms. The van der Waals surface area contributed by atoms with Gasteiger partial charge in [-0.2, -0.15) is 0 Å². The third-order valence-corrected chi connectivity index (χ3v) is 6.77. The molecular weight excluding hydrogens is 336 g/mol. The SMILES string of the molecule is CC1CN(C2(n3nnc4ccccc43)CCC(C(C)(C)C)CC2)CC(C)O1. The Bertz CT molecular complexity index is 775. The summed E-state index contributed by atoms with van der Waals surface area (Å²) in [7, 11) is 0. The van der Waals surface area contributed by atoms with Crippen molar-refractivity contribution in [3.8, 4) is 0 Å². The van der Waals surface area contributed by atoms with Gasteiger partial charge in [-0.3, -0.25) is 4.90 Å². The Kier molecular flexibility index (Phi) is 4.79. The number of hydrogen-bond acceptors (Lipinski definition) is 4. The zero-order valence-electron chi connectivity index (χ0n) is 17.5. The molecule has 0 radical (unpaired) electrons. The van der Waals surface area contributed by atoms with E-state index in [2.05, 4.69) is 72.7 Å². The van der Waals surface area contributed by atoms with Gasteiger partial charge >= 0.3 is 0 Å². The fraction of sp³-hybridized carbons (Fsp3) is 0.727. The van der Waals surface area contributed by atoms with Crippen LogP contribution >= 0.6 is 0 Å². The fourth-order valence-corrected chi connectivity index (χ4v) is 5.30. The van der Waals surface area contributed by atoms with Crippen LogP contribution in [0.3, 0.4) is 0 Å². The smallest absolute Gasteiger partial charge is 0.117 e. The lowest BCUT2D eigenvalue weighted by Gasteiger charge is -2.52. The largest absolute Gasteiger partial charge is 0.373 e. The Labute approximate surface area is 163 Å². The molecule has 2 fully saturated rings. The Balaban J connectivity index is 1.74. The highest BCUT2D eigenvalue weighted by Gasteiger charge is 2.47. The van der Waals surface area contributed by atoms with Gasteiger partial charge in [-0.25, -0.2) is 4.68 Å². The van der Waals surface area contributed by atoms with Crippen molar-refractivity contribution in [2.75, 3.05) is 13.1 Å². The second kappa shape index (κ2) is 6.85. The summed E-state index contributed by atoms with van der Waals surface area (Å²) in [5, 5.41) is 9.18. The summed E-state index contributed by atoms with van der Waals surface area (Å²) >= 11 is 0. The van der Waals surface area contributed by atoms with E-state index in [-0.39, 0.29) is 17.9 Å². The van der Waals surface area contributed by atoms with Gasteiger partial charge in [-0.1, -0.05) is 38.1 Å². The van der Waals surface area contributed by atoms with Crippen LogP contribution < -0.4 is 0 Å². The number of para-hydroxylation sites is 1. The first-order valence-electron chi connectivity index (χ1n) is 10.5. The molecule has 5 heteroatoms. The Hall–Kier alpha value is -1.46.